The number of carbonyl (C=O) groups is 1. The molecule has 96 valence electrons. The Balaban J connectivity index is 2.19. The third-order valence-corrected chi connectivity index (χ3v) is 3.30. The van der Waals surface area contributed by atoms with Gasteiger partial charge in [-0.25, -0.2) is 14.8 Å². The van der Waals surface area contributed by atoms with Crippen molar-refractivity contribution in [3.63, 3.8) is 0 Å². The first-order valence-electron chi connectivity index (χ1n) is 6.05. The minimum Gasteiger partial charge on any atom is -0.477 e. The van der Waals surface area contributed by atoms with Gasteiger partial charge in [-0.1, -0.05) is 23.2 Å². The Labute approximate surface area is 112 Å². The van der Waals surface area contributed by atoms with E-state index in [4.69, 9.17) is 5.11 Å². The lowest BCUT2D eigenvalue weighted by Crippen LogP contribution is -2.01. The van der Waals surface area contributed by atoms with Crippen LogP contribution in [0.3, 0.4) is 0 Å². The summed E-state index contributed by atoms with van der Waals surface area (Å²) < 4.78 is 0. The highest BCUT2D eigenvalue weighted by molar-refractivity contribution is 6.06. The Hall–Kier alpha value is -3.02. The van der Waals surface area contributed by atoms with E-state index in [9.17, 15) is 4.79 Å². The van der Waals surface area contributed by atoms with Gasteiger partial charge in [-0.05, 0) is 12.1 Å². The third-order valence-electron chi connectivity index (χ3n) is 3.30. The van der Waals surface area contributed by atoms with E-state index in [1.165, 1.54) is 6.07 Å². The van der Waals surface area contributed by atoms with Gasteiger partial charge in [-0.3, -0.25) is 4.98 Å². The highest BCUT2D eigenvalue weighted by Crippen LogP contribution is 2.24. The molecule has 6 heteroatoms. The van der Waals surface area contributed by atoms with Gasteiger partial charge in [0.15, 0.2) is 17.4 Å². The van der Waals surface area contributed by atoms with Crippen molar-refractivity contribution in [1.29, 1.82) is 0 Å². The summed E-state index contributed by atoms with van der Waals surface area (Å²) in [4.78, 5) is 25.8. The molecule has 0 saturated carbocycles. The van der Waals surface area contributed by atoms with Crippen LogP contribution in [0.25, 0.3) is 33.0 Å². The zero-order valence-electron chi connectivity index (χ0n) is 10.2. The second-order valence-corrected chi connectivity index (χ2v) is 4.53. The van der Waals surface area contributed by atoms with Crippen molar-refractivity contribution in [2.45, 2.75) is 0 Å². The number of pyridine rings is 2. The van der Waals surface area contributed by atoms with Crippen LogP contribution >= 0.6 is 0 Å². The Morgan fingerprint density at radius 2 is 1.85 bits per heavy atom. The first kappa shape index (κ1) is 10.9. The van der Waals surface area contributed by atoms with Gasteiger partial charge >= 0.3 is 5.97 Å². The van der Waals surface area contributed by atoms with Crippen LogP contribution in [0.5, 0.6) is 0 Å². The first-order chi connectivity index (χ1) is 9.72. The molecule has 3 aromatic heterocycles. The number of hydrogen-bond donors (Lipinski definition) is 2. The Bertz CT molecular complexity index is 990. The highest BCUT2D eigenvalue weighted by atomic mass is 16.4. The summed E-state index contributed by atoms with van der Waals surface area (Å²) in [5, 5.41) is 10.8. The minimum atomic E-state index is -1.04. The van der Waals surface area contributed by atoms with Gasteiger partial charge < -0.3 is 5.11 Å². The average Bonchev–Trinajstić information content (AvgIpc) is 2.91. The van der Waals surface area contributed by atoms with E-state index >= 15 is 0 Å². The highest BCUT2D eigenvalue weighted by Gasteiger charge is 2.13. The van der Waals surface area contributed by atoms with Crippen molar-refractivity contribution < 1.29 is 14.9 Å². The lowest BCUT2D eigenvalue weighted by molar-refractivity contribution is -0.347. The molecule has 0 radical (unpaired) electrons. The van der Waals surface area contributed by atoms with Gasteiger partial charge in [0.2, 0.25) is 0 Å². The number of benzene rings is 1. The number of fused-ring (bicyclic) bond motifs is 4. The summed E-state index contributed by atoms with van der Waals surface area (Å²) in [6.07, 6.45) is 1.70. The van der Waals surface area contributed by atoms with E-state index in [0.717, 1.165) is 16.3 Å². The number of aromatic nitrogens is 4. The molecule has 6 nitrogen and oxygen atoms in total. The van der Waals surface area contributed by atoms with E-state index < -0.39 is 5.97 Å². The molecule has 1 aromatic carbocycles. The second-order valence-electron chi connectivity index (χ2n) is 4.53. The predicted molar refractivity (Wildman–Crippen MR) is 72.4 cm³/mol. The minimum absolute atomic E-state index is 0.0185. The van der Waals surface area contributed by atoms with Gasteiger partial charge in [0, 0.05) is 10.8 Å². The van der Waals surface area contributed by atoms with E-state index in [0.29, 0.717) is 16.7 Å². The van der Waals surface area contributed by atoms with Crippen LogP contribution in [0.1, 0.15) is 10.5 Å². The van der Waals surface area contributed by atoms with Gasteiger partial charge in [0.05, 0.1) is 0 Å². The van der Waals surface area contributed by atoms with Gasteiger partial charge in [-0.15, -0.1) is 0 Å². The number of carboxylic acids is 1. The molecule has 0 aliphatic heterocycles. The Morgan fingerprint density at radius 3 is 2.70 bits per heavy atom. The van der Waals surface area contributed by atoms with E-state index in [-0.39, 0.29) is 5.69 Å². The first-order valence-corrected chi connectivity index (χ1v) is 6.05. The molecule has 3 N–H and O–H groups in total. The molecule has 4 rings (SSSR count). The van der Waals surface area contributed by atoms with Crippen LogP contribution in [-0.4, -0.2) is 26.0 Å². The van der Waals surface area contributed by atoms with Crippen LogP contribution in [-0.2, 0) is 0 Å². The van der Waals surface area contributed by atoms with Gasteiger partial charge in [-0.2, -0.15) is 0 Å². The molecule has 0 amide bonds. The topological polar surface area (TPSA) is 93.0 Å². The number of H-pyrrole nitrogens is 2. The third kappa shape index (κ3) is 1.45. The summed E-state index contributed by atoms with van der Waals surface area (Å²) in [6, 6.07) is 9.07. The standard InChI is InChI=1S/C14H8N4O2/c19-14(20)9-4-3-7-1-2-8-5-10-13(16-6-15-10)18-12(8)11(7)17-9/h1-6H,(H,19,20)(H,15,16,18)/p+1. The van der Waals surface area contributed by atoms with Crippen molar-refractivity contribution in [3.8, 4) is 0 Å². The van der Waals surface area contributed by atoms with Gasteiger partial charge in [0.1, 0.15) is 11.2 Å². The van der Waals surface area contributed by atoms with Crippen LogP contribution in [0.2, 0.25) is 0 Å². The van der Waals surface area contributed by atoms with Crippen molar-refractivity contribution >= 4 is 38.9 Å². The number of rotatable bonds is 1. The number of hydrogen-bond acceptors (Lipinski definition) is 3. The fourth-order valence-electron chi connectivity index (χ4n) is 2.34. The number of carboxylic acid groups (broad SMARTS) is 1. The molecule has 0 aliphatic rings. The fraction of sp³-hybridized carbons (Fsp3) is 0. The molecule has 0 aliphatic carbocycles. The SMILES string of the molecule is O=C(O)c1ccc2ccc3cc4[nH]c[nH+]c4nc3c2n1. The maximum Gasteiger partial charge on any atom is 0.354 e. The Kier molecular flexibility index (Phi) is 2.03. The largest absolute Gasteiger partial charge is 0.477 e. The Morgan fingerprint density at radius 1 is 1.10 bits per heavy atom. The van der Waals surface area contributed by atoms with E-state index in [2.05, 4.69) is 19.9 Å². The monoisotopic (exact) mass is 265 g/mol. The molecule has 0 bridgehead atoms. The smallest absolute Gasteiger partial charge is 0.354 e. The maximum absolute atomic E-state index is 11.1. The summed E-state index contributed by atoms with van der Waals surface area (Å²) >= 11 is 0. The zero-order valence-corrected chi connectivity index (χ0v) is 10.2. The summed E-state index contributed by atoms with van der Waals surface area (Å²) in [5.41, 5.74) is 2.91. The van der Waals surface area contributed by atoms with Crippen molar-refractivity contribution in [2.75, 3.05) is 0 Å². The predicted octanol–water partition coefficient (Wildman–Crippen LogP) is 1.78. The van der Waals surface area contributed by atoms with E-state index in [1.54, 1.807) is 12.4 Å². The normalized spacial score (nSPS) is 11.4. The van der Waals surface area contributed by atoms with Crippen LogP contribution < -0.4 is 4.98 Å². The number of aromatic carboxylic acids is 1. The number of nitrogens with zero attached hydrogens (tertiary/aromatic N) is 2. The molecule has 0 atom stereocenters. The molecule has 0 unspecified atom stereocenters. The lowest BCUT2D eigenvalue weighted by Gasteiger charge is -2.01. The summed E-state index contributed by atoms with van der Waals surface area (Å²) in [6.45, 7) is 0. The van der Waals surface area contributed by atoms with Crippen LogP contribution in [0.4, 0.5) is 0 Å². The molecule has 3 heterocycles. The van der Waals surface area contributed by atoms with Crippen LogP contribution in [0.15, 0.2) is 36.7 Å². The molecule has 4 aromatic rings. The number of imidazole rings is 1. The zero-order chi connectivity index (χ0) is 13.7. The lowest BCUT2D eigenvalue weighted by atomic mass is 10.1. The molecule has 0 fully saturated rings. The summed E-state index contributed by atoms with van der Waals surface area (Å²) in [7, 11) is 0. The number of aromatic amines is 2. The maximum atomic E-state index is 11.1. The van der Waals surface area contributed by atoms with Crippen molar-refractivity contribution in [1.82, 2.24) is 15.0 Å². The molecule has 0 saturated heterocycles. The van der Waals surface area contributed by atoms with E-state index in [1.807, 2.05) is 18.2 Å². The molecule has 20 heavy (non-hydrogen) atoms. The second kappa shape index (κ2) is 3.74. The number of nitrogens with one attached hydrogen (secondary N) is 2. The molecule has 0 spiro atoms. The molecular weight excluding hydrogens is 256 g/mol. The van der Waals surface area contributed by atoms with Gasteiger partial charge in [0.25, 0.3) is 5.65 Å². The quantitative estimate of drug-likeness (QED) is 0.513. The fourth-order valence-corrected chi connectivity index (χ4v) is 2.34. The summed E-state index contributed by atoms with van der Waals surface area (Å²) in [5.74, 6) is -1.04. The van der Waals surface area contributed by atoms with Crippen molar-refractivity contribution in [2.24, 2.45) is 0 Å². The molecular formula is C14H9N4O2+. The average molecular weight is 265 g/mol. The van der Waals surface area contributed by atoms with Crippen molar-refractivity contribution in [3.05, 3.63) is 42.4 Å². The van der Waals surface area contributed by atoms with Crippen LogP contribution in [0, 0.1) is 0 Å².